The molecule has 1 atom stereocenters. The van der Waals surface area contributed by atoms with Crippen molar-refractivity contribution in [2.24, 2.45) is 5.92 Å². The minimum Gasteiger partial charge on any atom is -0.399 e. The molecule has 1 heterocycles. The van der Waals surface area contributed by atoms with Crippen LogP contribution < -0.4 is 5.73 Å². The largest absolute Gasteiger partial charge is 0.399 e. The van der Waals surface area contributed by atoms with E-state index in [9.17, 15) is 8.42 Å². The standard InChI is InChI=1S/C13H19BrN2O3S/c1-16(8-10-3-2-6-19-9-10)20(17,18)13-5-4-11(15)7-12(13)14/h4-5,7,10H,2-3,6,8-9,15H2,1H3. The Kier molecular flexibility index (Phi) is 5.06. The molecule has 5 nitrogen and oxygen atoms in total. The number of hydrogen-bond donors (Lipinski definition) is 1. The molecule has 0 aromatic heterocycles. The zero-order valence-electron chi connectivity index (χ0n) is 11.4. The van der Waals surface area contributed by atoms with Crippen LogP contribution in [0, 0.1) is 5.92 Å². The topological polar surface area (TPSA) is 72.6 Å². The second-order valence-corrected chi connectivity index (χ2v) is 7.93. The van der Waals surface area contributed by atoms with Crippen LogP contribution in [0.15, 0.2) is 27.6 Å². The van der Waals surface area contributed by atoms with Gasteiger partial charge in [0.05, 0.1) is 11.5 Å². The van der Waals surface area contributed by atoms with E-state index >= 15 is 0 Å². The highest BCUT2D eigenvalue weighted by molar-refractivity contribution is 9.10. The molecule has 1 aromatic rings. The number of nitrogen functional groups attached to an aromatic ring is 1. The third-order valence-electron chi connectivity index (χ3n) is 3.41. The average Bonchev–Trinajstić information content (AvgIpc) is 2.39. The van der Waals surface area contributed by atoms with Gasteiger partial charge in [-0.3, -0.25) is 0 Å². The molecule has 20 heavy (non-hydrogen) atoms. The lowest BCUT2D eigenvalue weighted by atomic mass is 10.0. The highest BCUT2D eigenvalue weighted by atomic mass is 79.9. The Balaban J connectivity index is 2.16. The van der Waals surface area contributed by atoms with E-state index in [4.69, 9.17) is 10.5 Å². The molecule has 1 saturated heterocycles. The van der Waals surface area contributed by atoms with Crippen molar-refractivity contribution >= 4 is 31.6 Å². The van der Waals surface area contributed by atoms with Gasteiger partial charge in [-0.2, -0.15) is 0 Å². The Morgan fingerprint density at radius 2 is 2.25 bits per heavy atom. The van der Waals surface area contributed by atoms with Crippen LogP contribution in [0.25, 0.3) is 0 Å². The van der Waals surface area contributed by atoms with Crippen molar-refractivity contribution < 1.29 is 13.2 Å². The molecule has 112 valence electrons. The van der Waals surface area contributed by atoms with Crippen molar-refractivity contribution in [3.63, 3.8) is 0 Å². The van der Waals surface area contributed by atoms with Crippen LogP contribution in [0.3, 0.4) is 0 Å². The van der Waals surface area contributed by atoms with E-state index in [1.54, 1.807) is 19.2 Å². The Morgan fingerprint density at radius 3 is 2.85 bits per heavy atom. The average molecular weight is 363 g/mol. The summed E-state index contributed by atoms with van der Waals surface area (Å²) >= 11 is 3.27. The van der Waals surface area contributed by atoms with Crippen molar-refractivity contribution in [3.05, 3.63) is 22.7 Å². The van der Waals surface area contributed by atoms with Gasteiger partial charge >= 0.3 is 0 Å². The van der Waals surface area contributed by atoms with E-state index in [1.807, 2.05) is 0 Å². The van der Waals surface area contributed by atoms with E-state index < -0.39 is 10.0 Å². The summed E-state index contributed by atoms with van der Waals surface area (Å²) in [6.07, 6.45) is 1.99. The first-order valence-electron chi connectivity index (χ1n) is 6.50. The lowest BCUT2D eigenvalue weighted by Gasteiger charge is -2.27. The van der Waals surface area contributed by atoms with Gasteiger partial charge in [-0.15, -0.1) is 0 Å². The molecule has 0 radical (unpaired) electrons. The fourth-order valence-corrected chi connectivity index (χ4v) is 4.61. The highest BCUT2D eigenvalue weighted by Crippen LogP contribution is 2.27. The predicted molar refractivity (Wildman–Crippen MR) is 81.9 cm³/mol. The van der Waals surface area contributed by atoms with Crippen LogP contribution in [-0.2, 0) is 14.8 Å². The normalized spacial score (nSPS) is 20.2. The maximum Gasteiger partial charge on any atom is 0.243 e. The van der Waals surface area contributed by atoms with Crippen molar-refractivity contribution in [2.75, 3.05) is 32.5 Å². The van der Waals surface area contributed by atoms with Gasteiger partial charge in [-0.1, -0.05) is 0 Å². The zero-order valence-corrected chi connectivity index (χ0v) is 13.8. The minimum atomic E-state index is -3.51. The number of hydrogen-bond acceptors (Lipinski definition) is 4. The van der Waals surface area contributed by atoms with E-state index in [0.717, 1.165) is 19.4 Å². The lowest BCUT2D eigenvalue weighted by Crippen LogP contribution is -2.35. The van der Waals surface area contributed by atoms with Crippen LogP contribution in [0.5, 0.6) is 0 Å². The number of benzene rings is 1. The monoisotopic (exact) mass is 362 g/mol. The van der Waals surface area contributed by atoms with Crippen LogP contribution in [0.2, 0.25) is 0 Å². The van der Waals surface area contributed by atoms with Gasteiger partial charge in [-0.05, 0) is 52.9 Å². The number of halogens is 1. The zero-order chi connectivity index (χ0) is 14.8. The molecule has 0 bridgehead atoms. The summed E-state index contributed by atoms with van der Waals surface area (Å²) < 4.78 is 32.4. The third kappa shape index (κ3) is 3.52. The Morgan fingerprint density at radius 1 is 1.50 bits per heavy atom. The predicted octanol–water partition coefficient (Wildman–Crippen LogP) is 2.08. The number of nitrogens with zero attached hydrogens (tertiary/aromatic N) is 1. The van der Waals surface area contributed by atoms with E-state index in [1.165, 1.54) is 10.4 Å². The number of anilines is 1. The summed E-state index contributed by atoms with van der Waals surface area (Å²) in [6, 6.07) is 4.72. The van der Waals surface area contributed by atoms with Crippen LogP contribution >= 0.6 is 15.9 Å². The molecule has 0 amide bonds. The molecular formula is C13H19BrN2O3S. The number of ether oxygens (including phenoxy) is 1. The van der Waals surface area contributed by atoms with Crippen molar-refractivity contribution in [3.8, 4) is 0 Å². The summed E-state index contributed by atoms with van der Waals surface area (Å²) in [5.74, 6) is 0.260. The summed E-state index contributed by atoms with van der Waals surface area (Å²) in [5.41, 5.74) is 6.17. The van der Waals surface area contributed by atoms with Gasteiger partial charge in [0.2, 0.25) is 10.0 Å². The Bertz CT molecular complexity index is 571. The first-order chi connectivity index (χ1) is 9.41. The van der Waals surface area contributed by atoms with E-state index in [-0.39, 0.29) is 10.8 Å². The van der Waals surface area contributed by atoms with Gasteiger partial charge in [0, 0.05) is 30.4 Å². The molecule has 1 aliphatic rings. The summed E-state index contributed by atoms with van der Waals surface area (Å²) in [5, 5.41) is 0. The molecule has 0 aliphatic carbocycles. The van der Waals surface area contributed by atoms with E-state index in [2.05, 4.69) is 15.9 Å². The van der Waals surface area contributed by atoms with Gasteiger partial charge < -0.3 is 10.5 Å². The molecule has 1 fully saturated rings. The molecule has 1 unspecified atom stereocenters. The molecule has 0 saturated carbocycles. The molecule has 0 spiro atoms. The third-order valence-corrected chi connectivity index (χ3v) is 6.21. The van der Waals surface area contributed by atoms with Gasteiger partial charge in [0.25, 0.3) is 0 Å². The van der Waals surface area contributed by atoms with Crippen LogP contribution in [-0.4, -0.2) is 39.5 Å². The van der Waals surface area contributed by atoms with Gasteiger partial charge in [0.15, 0.2) is 0 Å². The number of sulfonamides is 1. The highest BCUT2D eigenvalue weighted by Gasteiger charge is 2.26. The maximum atomic E-state index is 12.6. The molecule has 1 aliphatic heterocycles. The first-order valence-corrected chi connectivity index (χ1v) is 8.73. The van der Waals surface area contributed by atoms with Gasteiger partial charge in [-0.25, -0.2) is 12.7 Å². The van der Waals surface area contributed by atoms with Crippen LogP contribution in [0.1, 0.15) is 12.8 Å². The van der Waals surface area contributed by atoms with Crippen molar-refractivity contribution in [2.45, 2.75) is 17.7 Å². The van der Waals surface area contributed by atoms with Crippen molar-refractivity contribution in [1.82, 2.24) is 4.31 Å². The molecule has 2 N–H and O–H groups in total. The molecule has 7 heteroatoms. The summed E-state index contributed by atoms with van der Waals surface area (Å²) in [4.78, 5) is 0.242. The maximum absolute atomic E-state index is 12.6. The summed E-state index contributed by atoms with van der Waals surface area (Å²) in [6.45, 7) is 1.87. The Labute approximate surface area is 128 Å². The Hall–Kier alpha value is -0.630. The number of rotatable bonds is 4. The first kappa shape index (κ1) is 15.8. The molecular weight excluding hydrogens is 344 g/mol. The minimum absolute atomic E-state index is 0.242. The molecule has 2 rings (SSSR count). The van der Waals surface area contributed by atoms with E-state index in [0.29, 0.717) is 23.3 Å². The summed E-state index contributed by atoms with van der Waals surface area (Å²) in [7, 11) is -1.91. The fourth-order valence-electron chi connectivity index (χ4n) is 2.31. The molecule has 1 aromatic carbocycles. The van der Waals surface area contributed by atoms with Crippen molar-refractivity contribution in [1.29, 1.82) is 0 Å². The smallest absolute Gasteiger partial charge is 0.243 e. The second kappa shape index (κ2) is 6.43. The quantitative estimate of drug-likeness (QED) is 0.832. The van der Waals surface area contributed by atoms with Gasteiger partial charge in [0.1, 0.15) is 0 Å². The second-order valence-electron chi connectivity index (χ2n) is 5.06. The van der Waals surface area contributed by atoms with Crippen LogP contribution in [0.4, 0.5) is 5.69 Å². The fraction of sp³-hybridized carbons (Fsp3) is 0.538. The number of nitrogens with two attached hydrogens (primary N) is 1. The lowest BCUT2D eigenvalue weighted by molar-refractivity contribution is 0.0495. The SMILES string of the molecule is CN(CC1CCCOC1)S(=O)(=O)c1ccc(N)cc1Br.